The predicted octanol–water partition coefficient (Wildman–Crippen LogP) is 15.4. The smallest absolute Gasteiger partial charge is 0.536 e. The summed E-state index contributed by atoms with van der Waals surface area (Å²) in [4.78, 5) is 25.5. The number of nitrogens with zero attached hydrogens (tertiary/aromatic N) is 6. The molecule has 0 unspecified atom stereocenters. The molecular weight excluding hydrogens is 946 g/mol. The van der Waals surface area contributed by atoms with E-state index in [4.69, 9.17) is 49.5 Å². The van der Waals surface area contributed by atoms with Crippen molar-refractivity contribution >= 4 is 106 Å². The number of aromatic nitrogens is 6. The Morgan fingerprint density at radius 1 is 0.353 bits per heavy atom. The molecule has 1 N–H and O–H groups in total. The van der Waals surface area contributed by atoms with Gasteiger partial charge in [-0.2, -0.15) is 24.9 Å². The van der Waals surface area contributed by atoms with Gasteiger partial charge in [-0.1, -0.05) is 170 Å². The van der Waals surface area contributed by atoms with Crippen LogP contribution in [0.1, 0.15) is 0 Å². The number of thiophene rings is 2. The van der Waals surface area contributed by atoms with Gasteiger partial charge >= 0.3 is 7.69 Å². The highest BCUT2D eigenvalue weighted by Gasteiger charge is 2.16. The summed E-state index contributed by atoms with van der Waals surface area (Å²) >= 11 is 21.3. The molecule has 1 radical (unpaired) electrons. The van der Waals surface area contributed by atoms with Crippen molar-refractivity contribution in [1.29, 1.82) is 0 Å². The van der Waals surface area contributed by atoms with E-state index in [0.717, 1.165) is 50.5 Å². The standard InChI is InChI=1S/C27H16ClN3S.C15H9Cl2N3.C12H8BO2S/c28-27-30-25(19-15-13-18(14-16-19)17-7-2-1-3-8-17)29-26(31-27)22-11-6-10-21-20-9-4-5-12-23(20)32-24(21)22;16-14-18-13(19-15(17)20-14)12-8-6-11(7-9-12)10-4-2-1-3-5-10;14-13-15-10-6-3-5-9-8-4-1-2-7-11(8)16-12(9)10/h1-16H;1-9H;1-7,14H. The molecule has 327 valence electrons. The summed E-state index contributed by atoms with van der Waals surface area (Å²) in [5, 5.41) is 13.9. The zero-order valence-electron chi connectivity index (χ0n) is 35.5. The van der Waals surface area contributed by atoms with E-state index in [1.165, 1.54) is 36.5 Å². The number of benzene rings is 8. The number of halogens is 3. The topological polar surface area (TPSA) is 107 Å². The minimum Gasteiger partial charge on any atom is -0.536 e. The fourth-order valence-electron chi connectivity index (χ4n) is 7.73. The van der Waals surface area contributed by atoms with Crippen molar-refractivity contribution in [2.75, 3.05) is 0 Å². The van der Waals surface area contributed by atoms with Crippen molar-refractivity contribution in [3.05, 3.63) is 210 Å². The van der Waals surface area contributed by atoms with Crippen LogP contribution in [0.3, 0.4) is 0 Å². The van der Waals surface area contributed by atoms with Crippen LogP contribution in [0.15, 0.2) is 194 Å². The number of fused-ring (bicyclic) bond motifs is 6. The van der Waals surface area contributed by atoms with Gasteiger partial charge in [0.1, 0.15) is 5.75 Å². The van der Waals surface area contributed by atoms with Crippen LogP contribution in [0.5, 0.6) is 5.75 Å². The molecule has 0 spiro atoms. The molecule has 8 aromatic carbocycles. The Bertz CT molecular complexity index is 3680. The van der Waals surface area contributed by atoms with Crippen molar-refractivity contribution < 1.29 is 9.68 Å². The Balaban J connectivity index is 0.000000128. The van der Waals surface area contributed by atoms with Gasteiger partial charge in [0.15, 0.2) is 17.5 Å². The first-order valence-electron chi connectivity index (χ1n) is 21.1. The Labute approximate surface area is 414 Å². The lowest BCUT2D eigenvalue weighted by molar-refractivity contribution is 0.457. The Morgan fingerprint density at radius 2 is 0.750 bits per heavy atom. The van der Waals surface area contributed by atoms with Crippen molar-refractivity contribution in [2.45, 2.75) is 0 Å². The number of rotatable bonds is 7. The van der Waals surface area contributed by atoms with Crippen LogP contribution in [-0.2, 0) is 0 Å². The van der Waals surface area contributed by atoms with E-state index in [-0.39, 0.29) is 15.9 Å². The second-order valence-corrected chi connectivity index (χ2v) is 18.2. The highest BCUT2D eigenvalue weighted by atomic mass is 35.5. The monoisotopic (exact) mass is 977 g/mol. The molecule has 12 aromatic rings. The van der Waals surface area contributed by atoms with E-state index < -0.39 is 0 Å². The molecule has 0 aliphatic rings. The molecule has 0 bridgehead atoms. The average molecular weight is 979 g/mol. The van der Waals surface area contributed by atoms with Gasteiger partial charge in [-0.15, -0.1) is 22.7 Å². The third kappa shape index (κ3) is 9.81. The van der Waals surface area contributed by atoms with E-state index in [0.29, 0.717) is 23.2 Å². The van der Waals surface area contributed by atoms with Gasteiger partial charge in [0.05, 0.1) is 4.70 Å². The summed E-state index contributed by atoms with van der Waals surface area (Å²) in [7, 11) is 0.721. The summed E-state index contributed by atoms with van der Waals surface area (Å²) in [5.74, 6) is 2.32. The fraction of sp³-hybridized carbons (Fsp3) is 0. The van der Waals surface area contributed by atoms with Crippen LogP contribution in [0.25, 0.3) is 96.8 Å². The third-order valence-electron chi connectivity index (χ3n) is 10.9. The zero-order valence-corrected chi connectivity index (χ0v) is 39.4. The van der Waals surface area contributed by atoms with Crippen LogP contribution >= 0.6 is 57.5 Å². The van der Waals surface area contributed by atoms with Crippen molar-refractivity contribution in [3.63, 3.8) is 0 Å². The maximum atomic E-state index is 8.71. The van der Waals surface area contributed by atoms with Crippen molar-refractivity contribution in [3.8, 4) is 62.2 Å². The van der Waals surface area contributed by atoms with Crippen molar-refractivity contribution in [2.24, 2.45) is 0 Å². The average Bonchev–Trinajstić information content (AvgIpc) is 3.97. The second kappa shape index (κ2) is 20.4. The molecule has 4 heterocycles. The maximum Gasteiger partial charge on any atom is 0.569 e. The lowest BCUT2D eigenvalue weighted by atomic mass is 10.0. The molecule has 0 aliphatic heterocycles. The van der Waals surface area contributed by atoms with Gasteiger partial charge in [-0.05, 0) is 81.3 Å². The zero-order chi connectivity index (χ0) is 46.4. The fourth-order valence-corrected chi connectivity index (χ4v) is 10.6. The lowest BCUT2D eigenvalue weighted by Gasteiger charge is -2.07. The first kappa shape index (κ1) is 44.7. The minimum atomic E-state index is 0.0899. The van der Waals surface area contributed by atoms with Gasteiger partial charge in [-0.3, -0.25) is 0 Å². The molecule has 8 nitrogen and oxygen atoms in total. The first-order chi connectivity index (χ1) is 33.4. The maximum absolute atomic E-state index is 8.71. The van der Waals surface area contributed by atoms with Crippen LogP contribution < -0.4 is 4.65 Å². The van der Waals surface area contributed by atoms with E-state index in [1.807, 2.05) is 109 Å². The van der Waals surface area contributed by atoms with E-state index in [9.17, 15) is 0 Å². The summed E-state index contributed by atoms with van der Waals surface area (Å²) in [6, 6.07) is 65.3. The Morgan fingerprint density at radius 3 is 1.29 bits per heavy atom. The first-order valence-corrected chi connectivity index (χ1v) is 23.9. The molecule has 0 saturated carbocycles. The Kier molecular flexibility index (Phi) is 13.4. The molecule has 0 aliphatic carbocycles. The number of hydrogen-bond acceptors (Lipinski definition) is 10. The second-order valence-electron chi connectivity index (χ2n) is 15.1. The summed E-state index contributed by atoms with van der Waals surface area (Å²) in [6.45, 7) is 0. The molecule has 0 saturated heterocycles. The van der Waals surface area contributed by atoms with Gasteiger partial charge in [-0.25, -0.2) is 4.98 Å². The van der Waals surface area contributed by atoms with E-state index in [1.54, 1.807) is 22.7 Å². The summed E-state index contributed by atoms with van der Waals surface area (Å²) in [5.41, 5.74) is 7.31. The van der Waals surface area contributed by atoms with Crippen LogP contribution in [0.2, 0.25) is 15.9 Å². The minimum absolute atomic E-state index is 0.0899. The summed E-state index contributed by atoms with van der Waals surface area (Å²) in [6.07, 6.45) is 0. The largest absolute Gasteiger partial charge is 0.569 e. The normalized spacial score (nSPS) is 10.9. The van der Waals surface area contributed by atoms with Crippen molar-refractivity contribution in [1.82, 2.24) is 29.9 Å². The van der Waals surface area contributed by atoms with Gasteiger partial charge in [0.25, 0.3) is 0 Å². The third-order valence-corrected chi connectivity index (χ3v) is 13.8. The lowest BCUT2D eigenvalue weighted by Crippen LogP contribution is -1.99. The van der Waals surface area contributed by atoms with Gasteiger partial charge < -0.3 is 9.68 Å². The molecule has 4 aromatic heterocycles. The molecule has 12 rings (SSSR count). The molecule has 14 heteroatoms. The highest BCUT2D eigenvalue weighted by molar-refractivity contribution is 7.26. The Hall–Kier alpha value is -7.09. The van der Waals surface area contributed by atoms with E-state index >= 15 is 0 Å². The molecular formula is C54H33BCl3N6O2S2. The quantitative estimate of drug-likeness (QED) is 0.157. The van der Waals surface area contributed by atoms with E-state index in [2.05, 4.69) is 110 Å². The predicted molar refractivity (Wildman–Crippen MR) is 283 cm³/mol. The number of hydrogen-bond donors (Lipinski definition) is 1. The molecule has 68 heavy (non-hydrogen) atoms. The van der Waals surface area contributed by atoms with Crippen LogP contribution in [0, 0.1) is 0 Å². The SMILES string of the molecule is Clc1nc(-c2ccc(-c3ccccc3)cc2)nc(-c2cccc3c2sc2ccccc23)n1.Clc1nc(Cl)nc(-c2ccc(-c3ccccc3)cc2)n1.O[B]Oc1cccc2c1sc1ccccc12. The van der Waals surface area contributed by atoms with Gasteiger partial charge in [0.2, 0.25) is 15.9 Å². The molecule has 0 fully saturated rings. The van der Waals surface area contributed by atoms with Gasteiger partial charge in [0, 0.05) is 52.3 Å². The molecule has 0 atom stereocenters. The summed E-state index contributed by atoms with van der Waals surface area (Å²) < 4.78 is 9.78. The van der Waals surface area contributed by atoms with Crippen LogP contribution in [0.4, 0.5) is 0 Å². The molecule has 0 amide bonds. The highest BCUT2D eigenvalue weighted by Crippen LogP contribution is 2.40. The van der Waals surface area contributed by atoms with Crippen LogP contribution in [-0.4, -0.2) is 42.6 Å².